The molecule has 0 aliphatic heterocycles. The van der Waals surface area contributed by atoms with Gasteiger partial charge in [0.25, 0.3) is 0 Å². The second-order valence-corrected chi connectivity index (χ2v) is 3.51. The molecule has 0 heterocycles. The zero-order chi connectivity index (χ0) is 8.69. The number of hydrogen-bond acceptors (Lipinski definition) is 1. The maximum absolute atomic E-state index is 10.7. The average molecular weight is 156 g/mol. The molecule has 0 aromatic heterocycles. The minimum atomic E-state index is 0.328. The van der Waals surface area contributed by atoms with Gasteiger partial charge in [-0.3, -0.25) is 0 Å². The third-order valence-electron chi connectivity index (χ3n) is 1.94. The van der Waals surface area contributed by atoms with Gasteiger partial charge >= 0.3 is 0 Å². The lowest BCUT2D eigenvalue weighted by molar-refractivity contribution is -0.117. The van der Waals surface area contributed by atoms with E-state index in [9.17, 15) is 4.79 Å². The van der Waals surface area contributed by atoms with Crippen molar-refractivity contribution in [3.05, 3.63) is 0 Å². The number of hydrogen-bond donors (Lipinski definition) is 0. The molecule has 0 radical (unpaired) electrons. The Morgan fingerprint density at radius 2 is 2.00 bits per heavy atom. The fourth-order valence-electron chi connectivity index (χ4n) is 1.34. The molecule has 0 N–H and O–H groups in total. The van der Waals surface area contributed by atoms with Gasteiger partial charge in [0.2, 0.25) is 0 Å². The van der Waals surface area contributed by atoms with E-state index < -0.39 is 0 Å². The molecule has 0 spiro atoms. The molecule has 0 bridgehead atoms. The monoisotopic (exact) mass is 156 g/mol. The second kappa shape index (κ2) is 6.38. The van der Waals surface area contributed by atoms with E-state index in [1.54, 1.807) is 6.92 Å². The van der Waals surface area contributed by atoms with Crippen LogP contribution in [0.5, 0.6) is 0 Å². The quantitative estimate of drug-likeness (QED) is 0.540. The number of carbonyl (C=O) groups excluding carboxylic acids is 1. The highest BCUT2D eigenvalue weighted by Crippen LogP contribution is 2.12. The number of rotatable bonds is 6. The summed E-state index contributed by atoms with van der Waals surface area (Å²) < 4.78 is 0. The van der Waals surface area contributed by atoms with Crippen molar-refractivity contribution in [1.82, 2.24) is 0 Å². The van der Waals surface area contributed by atoms with Crippen molar-refractivity contribution >= 4 is 5.78 Å². The van der Waals surface area contributed by atoms with Gasteiger partial charge in [-0.05, 0) is 12.8 Å². The summed E-state index contributed by atoms with van der Waals surface area (Å²) in [7, 11) is 0. The van der Waals surface area contributed by atoms with Gasteiger partial charge in [-0.15, -0.1) is 0 Å². The van der Waals surface area contributed by atoms with Gasteiger partial charge in [-0.25, -0.2) is 0 Å². The molecule has 66 valence electrons. The fourth-order valence-corrected chi connectivity index (χ4v) is 1.34. The largest absolute Gasteiger partial charge is 0.300 e. The Morgan fingerprint density at radius 3 is 2.45 bits per heavy atom. The first-order valence-corrected chi connectivity index (χ1v) is 4.66. The molecule has 0 aromatic rings. The highest BCUT2D eigenvalue weighted by atomic mass is 16.1. The van der Waals surface area contributed by atoms with Crippen molar-refractivity contribution in [1.29, 1.82) is 0 Å². The lowest BCUT2D eigenvalue weighted by Gasteiger charge is -2.07. The van der Waals surface area contributed by atoms with Crippen molar-refractivity contribution in [3.63, 3.8) is 0 Å². The van der Waals surface area contributed by atoms with E-state index in [1.807, 2.05) is 0 Å². The van der Waals surface area contributed by atoms with Crippen molar-refractivity contribution in [3.8, 4) is 0 Å². The molecule has 0 aliphatic carbocycles. The summed E-state index contributed by atoms with van der Waals surface area (Å²) in [5.41, 5.74) is 0. The van der Waals surface area contributed by atoms with Crippen LogP contribution in [0, 0.1) is 5.92 Å². The van der Waals surface area contributed by atoms with Gasteiger partial charge in [-0.2, -0.15) is 0 Å². The number of carbonyl (C=O) groups is 1. The highest BCUT2D eigenvalue weighted by Gasteiger charge is 2.03. The van der Waals surface area contributed by atoms with Gasteiger partial charge < -0.3 is 4.79 Å². The second-order valence-electron chi connectivity index (χ2n) is 3.51. The van der Waals surface area contributed by atoms with Crippen LogP contribution in [0.25, 0.3) is 0 Å². The minimum Gasteiger partial charge on any atom is -0.300 e. The molecule has 1 heteroatoms. The Morgan fingerprint density at radius 1 is 1.36 bits per heavy atom. The van der Waals surface area contributed by atoms with Crippen molar-refractivity contribution in [2.75, 3.05) is 0 Å². The molecule has 0 aromatic carbocycles. The number of ketones is 1. The third kappa shape index (κ3) is 7.57. The van der Waals surface area contributed by atoms with Crippen LogP contribution in [0.15, 0.2) is 0 Å². The molecular weight excluding hydrogens is 136 g/mol. The first-order chi connectivity index (χ1) is 5.16. The Hall–Kier alpha value is -0.330. The van der Waals surface area contributed by atoms with Crippen LogP contribution in [-0.4, -0.2) is 5.78 Å². The Kier molecular flexibility index (Phi) is 6.19. The van der Waals surface area contributed by atoms with Gasteiger partial charge in [-0.1, -0.05) is 39.5 Å². The van der Waals surface area contributed by atoms with Crippen LogP contribution >= 0.6 is 0 Å². The van der Waals surface area contributed by atoms with Crippen LogP contribution in [0.1, 0.15) is 52.9 Å². The summed E-state index contributed by atoms with van der Waals surface area (Å²) in [6.07, 6.45) is 5.84. The predicted molar refractivity (Wildman–Crippen MR) is 48.6 cm³/mol. The Bertz CT molecular complexity index is 107. The molecule has 0 aliphatic rings. The van der Waals surface area contributed by atoms with Crippen LogP contribution in [0.2, 0.25) is 0 Å². The van der Waals surface area contributed by atoms with Crippen molar-refractivity contribution in [2.24, 2.45) is 5.92 Å². The number of Topliss-reactive ketones (excluding diaryl/α,β-unsaturated/α-hetero) is 1. The third-order valence-corrected chi connectivity index (χ3v) is 1.94. The Labute approximate surface area is 70.2 Å². The fraction of sp³-hybridized carbons (Fsp3) is 0.900. The van der Waals surface area contributed by atoms with E-state index in [1.165, 1.54) is 25.7 Å². The van der Waals surface area contributed by atoms with E-state index in [-0.39, 0.29) is 0 Å². The summed E-state index contributed by atoms with van der Waals surface area (Å²) in [6.45, 7) is 6.04. The standard InChI is InChI=1S/C10H20O/c1-4-5-6-7-9(2)8-10(3)11/h9H,4-8H2,1-3H3. The maximum atomic E-state index is 10.7. The average Bonchev–Trinajstić information content (AvgIpc) is 1.86. The molecular formula is C10H20O. The summed E-state index contributed by atoms with van der Waals surface area (Å²) in [5, 5.41) is 0. The summed E-state index contributed by atoms with van der Waals surface area (Å²) in [6, 6.07) is 0. The first-order valence-electron chi connectivity index (χ1n) is 4.66. The predicted octanol–water partition coefficient (Wildman–Crippen LogP) is 3.18. The highest BCUT2D eigenvalue weighted by molar-refractivity contribution is 5.75. The van der Waals surface area contributed by atoms with Crippen molar-refractivity contribution in [2.45, 2.75) is 52.9 Å². The van der Waals surface area contributed by atoms with Gasteiger partial charge in [0.15, 0.2) is 0 Å². The van der Waals surface area contributed by atoms with E-state index >= 15 is 0 Å². The van der Waals surface area contributed by atoms with Gasteiger partial charge in [0.1, 0.15) is 5.78 Å². The Balaban J connectivity index is 3.22. The molecule has 0 saturated carbocycles. The molecule has 0 saturated heterocycles. The SMILES string of the molecule is CCCCCC(C)CC(C)=O. The molecule has 0 rings (SSSR count). The first kappa shape index (κ1) is 10.7. The van der Waals surface area contributed by atoms with Gasteiger partial charge in [0.05, 0.1) is 0 Å². The molecule has 11 heavy (non-hydrogen) atoms. The van der Waals surface area contributed by atoms with E-state index in [0.29, 0.717) is 11.7 Å². The smallest absolute Gasteiger partial charge is 0.130 e. The summed E-state index contributed by atoms with van der Waals surface area (Å²) in [4.78, 5) is 10.7. The van der Waals surface area contributed by atoms with Crippen LogP contribution < -0.4 is 0 Å². The van der Waals surface area contributed by atoms with Gasteiger partial charge in [0, 0.05) is 6.42 Å². The normalized spacial score (nSPS) is 13.0. The molecule has 1 nitrogen and oxygen atoms in total. The molecule has 1 atom stereocenters. The van der Waals surface area contributed by atoms with Crippen LogP contribution in [0.4, 0.5) is 0 Å². The zero-order valence-corrected chi connectivity index (χ0v) is 8.02. The topological polar surface area (TPSA) is 17.1 Å². The summed E-state index contributed by atoms with van der Waals surface area (Å²) in [5.74, 6) is 0.924. The van der Waals surface area contributed by atoms with E-state index in [0.717, 1.165) is 6.42 Å². The lowest BCUT2D eigenvalue weighted by Crippen LogP contribution is -2.01. The lowest BCUT2D eigenvalue weighted by atomic mass is 9.98. The maximum Gasteiger partial charge on any atom is 0.130 e. The molecule has 1 unspecified atom stereocenters. The zero-order valence-electron chi connectivity index (χ0n) is 8.02. The van der Waals surface area contributed by atoms with Crippen LogP contribution in [0.3, 0.4) is 0 Å². The summed E-state index contributed by atoms with van der Waals surface area (Å²) >= 11 is 0. The van der Waals surface area contributed by atoms with E-state index in [2.05, 4.69) is 13.8 Å². The molecule has 0 fully saturated rings. The van der Waals surface area contributed by atoms with Crippen molar-refractivity contribution < 1.29 is 4.79 Å². The van der Waals surface area contributed by atoms with E-state index in [4.69, 9.17) is 0 Å². The number of unbranched alkanes of at least 4 members (excludes halogenated alkanes) is 2. The minimum absolute atomic E-state index is 0.328. The molecule has 0 amide bonds. The van der Waals surface area contributed by atoms with Crippen LogP contribution in [-0.2, 0) is 4.79 Å².